The summed E-state index contributed by atoms with van der Waals surface area (Å²) >= 11 is 5.91. The number of halogens is 2. The molecular weight excluding hydrogens is 1160 g/mol. The van der Waals surface area contributed by atoms with E-state index in [1.54, 1.807) is 30.4 Å². The van der Waals surface area contributed by atoms with Crippen molar-refractivity contribution >= 4 is 88.2 Å². The second kappa shape index (κ2) is 27.0. The predicted molar refractivity (Wildman–Crippen MR) is 314 cm³/mol. The summed E-state index contributed by atoms with van der Waals surface area (Å²) in [5.41, 5.74) is -0.480. The van der Waals surface area contributed by atoms with Crippen LogP contribution in [0, 0.1) is 11.6 Å². The molecule has 6 aliphatic rings. The molecule has 5 unspecified atom stereocenters. The maximum Gasteiger partial charge on any atom is 0.355 e. The van der Waals surface area contributed by atoms with Gasteiger partial charge in [0, 0.05) is 39.0 Å². The van der Waals surface area contributed by atoms with Gasteiger partial charge in [-0.15, -0.1) is 46.2 Å². The summed E-state index contributed by atoms with van der Waals surface area (Å²) in [4.78, 5) is 95.3. The Balaban J connectivity index is 0.000000868. The molecule has 23 heteroatoms. The maximum absolute atomic E-state index is 16.3. The van der Waals surface area contributed by atoms with Crippen molar-refractivity contribution in [3.8, 4) is 23.0 Å². The number of rotatable bonds is 20. The number of β-lactam (4-membered cyclic amide) rings is 2. The molecule has 4 amide bonds. The van der Waals surface area contributed by atoms with E-state index in [0.717, 1.165) is 17.0 Å². The summed E-state index contributed by atoms with van der Waals surface area (Å²) in [5.74, 6) is -5.37. The fourth-order valence-corrected chi connectivity index (χ4v) is 13.9. The molecule has 11 rings (SSSR count). The van der Waals surface area contributed by atoms with Gasteiger partial charge in [0.15, 0.2) is 28.7 Å². The van der Waals surface area contributed by atoms with Crippen LogP contribution >= 0.6 is 46.2 Å². The Labute approximate surface area is 499 Å². The van der Waals surface area contributed by atoms with Crippen LogP contribution in [0.5, 0.6) is 23.0 Å². The SMILES string of the molecule is C=CCOC(=O)C1=C(/C=C/COc2cc3c(cc2F)C2(OC(=O)c4ccccc42)c2cc(F)c(OC/C=C/C4=C(C(=O)OCC=C)N5C(=O)C(NC(=O)Cc6cccs6)C5SC4)cc2O3)CSC2C(NC=O)C(=O)N12.CC.CCc1cccs1. The normalized spacial score (nSPS) is 20.4. The number of hydrogen-bond acceptors (Lipinski definition) is 17. The van der Waals surface area contributed by atoms with Gasteiger partial charge in [-0.25, -0.2) is 23.2 Å². The zero-order valence-electron chi connectivity index (χ0n) is 45.6. The number of thiophene rings is 2. The van der Waals surface area contributed by atoms with E-state index in [1.165, 1.54) is 98.5 Å². The van der Waals surface area contributed by atoms with Crippen molar-refractivity contribution in [2.24, 2.45) is 0 Å². The fourth-order valence-electron chi connectivity index (χ4n) is 9.88. The van der Waals surface area contributed by atoms with Gasteiger partial charge in [0.2, 0.25) is 12.3 Å². The minimum Gasteiger partial charge on any atom is -0.486 e. The summed E-state index contributed by atoms with van der Waals surface area (Å²) < 4.78 is 67.4. The van der Waals surface area contributed by atoms with Crippen molar-refractivity contribution in [1.29, 1.82) is 0 Å². The molecule has 3 aromatic carbocycles. The number of thioether (sulfide) groups is 2. The first-order chi connectivity index (χ1) is 40.8. The molecule has 5 atom stereocenters. The van der Waals surface area contributed by atoms with Gasteiger partial charge in [-0.3, -0.25) is 29.0 Å². The lowest BCUT2D eigenvalue weighted by atomic mass is 9.77. The van der Waals surface area contributed by atoms with Crippen molar-refractivity contribution in [1.82, 2.24) is 20.4 Å². The summed E-state index contributed by atoms with van der Waals surface area (Å²) in [6.07, 6.45) is 10.6. The average molecular weight is 1220 g/mol. The van der Waals surface area contributed by atoms with Crippen LogP contribution in [0.2, 0.25) is 0 Å². The van der Waals surface area contributed by atoms with Gasteiger partial charge in [-0.05, 0) is 70.8 Å². The molecule has 0 saturated carbocycles. The Morgan fingerprint density at radius 3 is 1.74 bits per heavy atom. The standard InChI is InChI=1S/C53H42F2N4O13S3.C6H8S.C2H6/c1-3-15-69-51(65)44-28(25-74-48-42(56-27-60)46(62)58(44)48)10-7-17-67-39-23-37-33(21-35(39)54)53(32-14-6-5-13-31(32)50(64)72-53)34-22-36(55)40(24-38(34)71-37)68-18-8-11-29-26-75-49-43(57-41(61)20-30-12-9-19-73-30)47(63)59(49)45(29)52(66)70-16-4-2;1-2-6-4-3-5-7-6;1-2/h3-14,19,21-24,27,42-43,48-49H,1-2,15-18,20,25-26H2,(H,56,60)(H,57,61);3-5H,2H2,1H3;1-2H3/b10-7+,11-8+;;. The number of fused-ring (bicyclic) bond motifs is 8. The lowest BCUT2D eigenvalue weighted by molar-refractivity contribution is -0.152. The largest absolute Gasteiger partial charge is 0.486 e. The van der Waals surface area contributed by atoms with Crippen molar-refractivity contribution in [2.75, 3.05) is 37.9 Å². The Morgan fingerprint density at radius 2 is 1.24 bits per heavy atom. The van der Waals surface area contributed by atoms with Gasteiger partial charge in [0.05, 0.1) is 23.1 Å². The van der Waals surface area contributed by atoms with Crippen LogP contribution in [-0.4, -0.2) is 113 Å². The molecule has 84 heavy (non-hydrogen) atoms. The number of ether oxygens (including phenoxy) is 6. The lowest BCUT2D eigenvalue weighted by Crippen LogP contribution is -2.70. The molecule has 0 radical (unpaired) electrons. The van der Waals surface area contributed by atoms with Crippen LogP contribution in [0.15, 0.2) is 156 Å². The fraction of sp³-hybridized carbons (Fsp3) is 0.262. The monoisotopic (exact) mass is 1220 g/mol. The number of nitrogens with zero attached hydrogens (tertiary/aromatic N) is 2. The molecule has 5 aromatic rings. The molecule has 2 fully saturated rings. The molecule has 2 saturated heterocycles. The number of aryl methyl sites for hydroxylation is 1. The number of nitrogens with one attached hydrogen (secondary N) is 2. The first-order valence-corrected chi connectivity index (χ1v) is 30.4. The maximum atomic E-state index is 16.3. The zero-order valence-corrected chi connectivity index (χ0v) is 48.9. The summed E-state index contributed by atoms with van der Waals surface area (Å²) in [6, 6.07) is 17.4. The van der Waals surface area contributed by atoms with Crippen LogP contribution in [-0.2, 0) is 61.4 Å². The van der Waals surface area contributed by atoms with Gasteiger partial charge in [0.1, 0.15) is 72.2 Å². The quantitative estimate of drug-likeness (QED) is 0.0245. The number of allylic oxidation sites excluding steroid dienone is 2. The Kier molecular flexibility index (Phi) is 19.4. The molecule has 0 bridgehead atoms. The van der Waals surface area contributed by atoms with Gasteiger partial charge in [-0.2, -0.15) is 0 Å². The van der Waals surface area contributed by atoms with Crippen LogP contribution in [0.1, 0.15) is 57.6 Å². The second-order valence-corrected chi connectivity index (χ2v) is 22.8. The van der Waals surface area contributed by atoms with E-state index in [1.807, 2.05) is 42.7 Å². The van der Waals surface area contributed by atoms with E-state index in [4.69, 9.17) is 28.4 Å². The summed E-state index contributed by atoms with van der Waals surface area (Å²) in [7, 11) is 0. The van der Waals surface area contributed by atoms with E-state index in [0.29, 0.717) is 23.1 Å². The average Bonchev–Trinajstić information content (AvgIpc) is 1.46. The molecule has 2 N–H and O–H groups in total. The van der Waals surface area contributed by atoms with E-state index in [-0.39, 0.29) is 101 Å². The molecule has 0 aliphatic carbocycles. The Bertz CT molecular complexity index is 3530. The molecule has 17 nitrogen and oxygen atoms in total. The number of benzene rings is 3. The van der Waals surface area contributed by atoms with Gasteiger partial charge in [0.25, 0.3) is 11.8 Å². The third-order valence-electron chi connectivity index (χ3n) is 13.6. The summed E-state index contributed by atoms with van der Waals surface area (Å²) in [6.45, 7) is 12.6. The first-order valence-electron chi connectivity index (χ1n) is 26.5. The van der Waals surface area contributed by atoms with Crippen LogP contribution in [0.3, 0.4) is 0 Å². The third kappa shape index (κ3) is 11.9. The van der Waals surface area contributed by atoms with Gasteiger partial charge >= 0.3 is 17.9 Å². The van der Waals surface area contributed by atoms with Crippen molar-refractivity contribution in [2.45, 2.75) is 62.0 Å². The topological polar surface area (TPSA) is 205 Å². The first kappa shape index (κ1) is 60.3. The van der Waals surface area contributed by atoms with Crippen molar-refractivity contribution in [3.05, 3.63) is 199 Å². The molecular formula is C61H56F2N4O13S4. The van der Waals surface area contributed by atoms with E-state index in [9.17, 15) is 33.6 Å². The molecule has 6 aliphatic heterocycles. The molecule has 436 valence electrons. The highest BCUT2D eigenvalue weighted by Crippen LogP contribution is 2.58. The lowest BCUT2D eigenvalue weighted by Gasteiger charge is -2.49. The minimum absolute atomic E-state index is 0.00452. The van der Waals surface area contributed by atoms with Crippen LogP contribution in [0.25, 0.3) is 0 Å². The number of esters is 3. The highest BCUT2D eigenvalue weighted by atomic mass is 32.2. The second-order valence-electron chi connectivity index (χ2n) is 18.5. The third-order valence-corrected chi connectivity index (χ3v) is 18.1. The molecule has 2 aromatic heterocycles. The predicted octanol–water partition coefficient (Wildman–Crippen LogP) is 9.44. The van der Waals surface area contributed by atoms with Crippen molar-refractivity contribution < 1.29 is 70.8 Å². The molecule has 1 spiro atoms. The Morgan fingerprint density at radius 1 is 0.714 bits per heavy atom. The van der Waals surface area contributed by atoms with Gasteiger partial charge < -0.3 is 39.1 Å². The summed E-state index contributed by atoms with van der Waals surface area (Å²) in [5, 5.41) is 8.14. The number of carbonyl (C=O) groups excluding carboxylic acids is 7. The van der Waals surface area contributed by atoms with E-state index >= 15 is 8.78 Å². The number of carbonyl (C=O) groups is 7. The molecule has 8 heterocycles. The van der Waals surface area contributed by atoms with Crippen LogP contribution in [0.4, 0.5) is 8.78 Å². The smallest absolute Gasteiger partial charge is 0.355 e. The van der Waals surface area contributed by atoms with E-state index < -0.39 is 69.8 Å². The Hall–Kier alpha value is -8.25. The van der Waals surface area contributed by atoms with Gasteiger partial charge in [-0.1, -0.05) is 88.6 Å². The van der Waals surface area contributed by atoms with E-state index in [2.05, 4.69) is 48.2 Å². The minimum atomic E-state index is -1.87. The number of hydrogen-bond donors (Lipinski definition) is 2. The highest BCUT2D eigenvalue weighted by molar-refractivity contribution is 8.00. The van der Waals surface area contributed by atoms with Crippen LogP contribution < -0.4 is 24.8 Å². The zero-order chi connectivity index (χ0) is 59.7. The highest BCUT2D eigenvalue weighted by Gasteiger charge is 2.57. The van der Waals surface area contributed by atoms with Crippen molar-refractivity contribution in [3.63, 3.8) is 0 Å². The number of amides is 4.